The lowest BCUT2D eigenvalue weighted by Crippen LogP contribution is -2.17. The molecule has 0 aliphatic carbocycles. The highest BCUT2D eigenvalue weighted by atomic mass is 16.6. The molecule has 6 nitrogen and oxygen atoms in total. The fourth-order valence-corrected chi connectivity index (χ4v) is 1.44. The summed E-state index contributed by atoms with van der Waals surface area (Å²) in [6.45, 7) is 0.755. The summed E-state index contributed by atoms with van der Waals surface area (Å²) in [5.41, 5.74) is -0.00658. The summed E-state index contributed by atoms with van der Waals surface area (Å²) < 4.78 is 5.35. The van der Waals surface area contributed by atoms with Crippen LogP contribution in [0.3, 0.4) is 0 Å². The van der Waals surface area contributed by atoms with Crippen LogP contribution >= 0.6 is 0 Å². The molecule has 0 radical (unpaired) electrons. The molecule has 0 spiro atoms. The Bertz CT molecular complexity index is 346. The normalized spacial score (nSPS) is 20.1. The predicted molar refractivity (Wildman–Crippen MR) is 53.5 cm³/mol. The first-order chi connectivity index (χ1) is 7.25. The maximum atomic E-state index is 10.4. The van der Waals surface area contributed by atoms with Crippen molar-refractivity contribution in [1.29, 1.82) is 0 Å². The van der Waals surface area contributed by atoms with Crippen LogP contribution in [0.25, 0.3) is 0 Å². The molecule has 80 valence electrons. The molecule has 2 rings (SSSR count). The average Bonchev–Trinajstić information content (AvgIpc) is 2.71. The molecule has 1 atom stereocenters. The molecule has 0 unspecified atom stereocenters. The van der Waals surface area contributed by atoms with Gasteiger partial charge in [-0.2, -0.15) is 0 Å². The number of hydrogen-bond donors (Lipinski definition) is 1. The van der Waals surface area contributed by atoms with Crippen LogP contribution < -0.4 is 5.32 Å². The van der Waals surface area contributed by atoms with E-state index in [0.29, 0.717) is 5.82 Å². The van der Waals surface area contributed by atoms with Gasteiger partial charge in [0.15, 0.2) is 0 Å². The first-order valence-electron chi connectivity index (χ1n) is 4.74. The summed E-state index contributed by atoms with van der Waals surface area (Å²) >= 11 is 0. The number of nitro groups is 1. The molecule has 1 aliphatic rings. The standard InChI is InChI=1S/C9H11N3O3/c13-12(14)7-3-4-8(10-6-7)11-9-2-1-5-15-9/h3-4,6,9H,1-2,5H2,(H,10,11)/t9-/m0/s1. The number of hydrogen-bond acceptors (Lipinski definition) is 5. The number of aromatic nitrogens is 1. The van der Waals surface area contributed by atoms with E-state index < -0.39 is 4.92 Å². The third kappa shape index (κ3) is 2.41. The number of ether oxygens (including phenoxy) is 1. The Hall–Kier alpha value is -1.69. The van der Waals surface area contributed by atoms with Gasteiger partial charge in [0.2, 0.25) is 0 Å². The molecule has 1 aromatic heterocycles. The van der Waals surface area contributed by atoms with E-state index in [2.05, 4.69) is 10.3 Å². The van der Waals surface area contributed by atoms with Crippen molar-refractivity contribution in [3.05, 3.63) is 28.4 Å². The number of pyridine rings is 1. The monoisotopic (exact) mass is 209 g/mol. The molecule has 1 aromatic rings. The Morgan fingerprint density at radius 3 is 3.00 bits per heavy atom. The second-order valence-corrected chi connectivity index (χ2v) is 3.30. The zero-order valence-electron chi connectivity index (χ0n) is 8.05. The molecule has 1 saturated heterocycles. The van der Waals surface area contributed by atoms with Gasteiger partial charge in [-0.25, -0.2) is 4.98 Å². The van der Waals surface area contributed by atoms with Crippen molar-refractivity contribution in [3.63, 3.8) is 0 Å². The van der Waals surface area contributed by atoms with Crippen LogP contribution in [0.1, 0.15) is 12.8 Å². The molecule has 0 aromatic carbocycles. The minimum absolute atomic E-state index is 0.00658. The van der Waals surface area contributed by atoms with Gasteiger partial charge in [0, 0.05) is 12.7 Å². The molecular weight excluding hydrogens is 198 g/mol. The lowest BCUT2D eigenvalue weighted by atomic mass is 10.3. The third-order valence-corrected chi connectivity index (χ3v) is 2.20. The number of nitrogens with one attached hydrogen (secondary N) is 1. The van der Waals surface area contributed by atoms with Gasteiger partial charge in [0.05, 0.1) is 4.92 Å². The minimum Gasteiger partial charge on any atom is -0.359 e. The van der Waals surface area contributed by atoms with Crippen LogP contribution in [0.15, 0.2) is 18.3 Å². The lowest BCUT2D eigenvalue weighted by molar-refractivity contribution is -0.385. The molecule has 1 aliphatic heterocycles. The third-order valence-electron chi connectivity index (χ3n) is 2.20. The van der Waals surface area contributed by atoms with Crippen molar-refractivity contribution in [2.24, 2.45) is 0 Å². The van der Waals surface area contributed by atoms with Crippen LogP contribution in [0.4, 0.5) is 11.5 Å². The highest BCUT2D eigenvalue weighted by Gasteiger charge is 2.15. The van der Waals surface area contributed by atoms with Crippen molar-refractivity contribution >= 4 is 11.5 Å². The first kappa shape index (κ1) is 9.85. The maximum absolute atomic E-state index is 10.4. The molecular formula is C9H11N3O3. The molecule has 0 saturated carbocycles. The Kier molecular flexibility index (Phi) is 2.77. The quantitative estimate of drug-likeness (QED) is 0.603. The average molecular weight is 209 g/mol. The van der Waals surface area contributed by atoms with Gasteiger partial charge in [0.1, 0.15) is 18.2 Å². The molecule has 1 fully saturated rings. The van der Waals surface area contributed by atoms with E-state index in [0.717, 1.165) is 19.4 Å². The summed E-state index contributed by atoms with van der Waals surface area (Å²) in [4.78, 5) is 13.8. The van der Waals surface area contributed by atoms with E-state index in [1.807, 2.05) is 0 Å². The second-order valence-electron chi connectivity index (χ2n) is 3.30. The molecule has 1 N–H and O–H groups in total. The minimum atomic E-state index is -0.469. The Balaban J connectivity index is 2.00. The molecule has 2 heterocycles. The van der Waals surface area contributed by atoms with E-state index in [-0.39, 0.29) is 11.9 Å². The van der Waals surface area contributed by atoms with E-state index in [9.17, 15) is 10.1 Å². The topological polar surface area (TPSA) is 77.3 Å². The van der Waals surface area contributed by atoms with E-state index in [1.54, 1.807) is 6.07 Å². The molecule has 15 heavy (non-hydrogen) atoms. The van der Waals surface area contributed by atoms with Gasteiger partial charge in [-0.3, -0.25) is 10.1 Å². The van der Waals surface area contributed by atoms with Gasteiger partial charge >= 0.3 is 0 Å². The van der Waals surface area contributed by atoms with Crippen LogP contribution in [-0.4, -0.2) is 22.7 Å². The van der Waals surface area contributed by atoms with Crippen molar-refractivity contribution in [2.75, 3.05) is 11.9 Å². The molecule has 0 bridgehead atoms. The second kappa shape index (κ2) is 4.22. The molecule has 6 heteroatoms. The highest BCUT2D eigenvalue weighted by Crippen LogP contribution is 2.16. The highest BCUT2D eigenvalue weighted by molar-refractivity contribution is 5.40. The van der Waals surface area contributed by atoms with Gasteiger partial charge in [-0.15, -0.1) is 0 Å². The van der Waals surface area contributed by atoms with Crippen molar-refractivity contribution in [3.8, 4) is 0 Å². The van der Waals surface area contributed by atoms with E-state index >= 15 is 0 Å². The number of anilines is 1. The SMILES string of the molecule is O=[N+]([O-])c1ccc(N[C@@H]2CCCO2)nc1. The van der Waals surface area contributed by atoms with E-state index in [4.69, 9.17) is 4.74 Å². The summed E-state index contributed by atoms with van der Waals surface area (Å²) in [7, 11) is 0. The Morgan fingerprint density at radius 2 is 2.47 bits per heavy atom. The van der Waals surface area contributed by atoms with Crippen LogP contribution in [-0.2, 0) is 4.74 Å². The first-order valence-corrected chi connectivity index (χ1v) is 4.74. The number of nitrogens with zero attached hydrogens (tertiary/aromatic N) is 2. The van der Waals surface area contributed by atoms with E-state index in [1.165, 1.54) is 12.3 Å². The molecule has 0 amide bonds. The van der Waals surface area contributed by atoms with Crippen LogP contribution in [0, 0.1) is 10.1 Å². The smallest absolute Gasteiger partial charge is 0.287 e. The lowest BCUT2D eigenvalue weighted by Gasteiger charge is -2.11. The van der Waals surface area contributed by atoms with Gasteiger partial charge < -0.3 is 10.1 Å². The predicted octanol–water partition coefficient (Wildman–Crippen LogP) is 1.54. The van der Waals surface area contributed by atoms with Gasteiger partial charge in [0.25, 0.3) is 5.69 Å². The largest absolute Gasteiger partial charge is 0.359 e. The Labute approximate surface area is 86.4 Å². The van der Waals surface area contributed by atoms with Crippen molar-refractivity contribution < 1.29 is 9.66 Å². The number of rotatable bonds is 3. The zero-order chi connectivity index (χ0) is 10.7. The van der Waals surface area contributed by atoms with Crippen LogP contribution in [0.5, 0.6) is 0 Å². The summed E-state index contributed by atoms with van der Waals surface area (Å²) in [6, 6.07) is 3.00. The Morgan fingerprint density at radius 1 is 1.60 bits per heavy atom. The van der Waals surface area contributed by atoms with Crippen molar-refractivity contribution in [2.45, 2.75) is 19.1 Å². The fraction of sp³-hybridized carbons (Fsp3) is 0.444. The fourth-order valence-electron chi connectivity index (χ4n) is 1.44. The summed E-state index contributed by atoms with van der Waals surface area (Å²) in [5.74, 6) is 0.604. The van der Waals surface area contributed by atoms with Crippen molar-refractivity contribution in [1.82, 2.24) is 4.98 Å². The summed E-state index contributed by atoms with van der Waals surface area (Å²) in [6.07, 6.45) is 3.19. The zero-order valence-corrected chi connectivity index (χ0v) is 8.05. The maximum Gasteiger partial charge on any atom is 0.287 e. The van der Waals surface area contributed by atoms with Gasteiger partial charge in [-0.05, 0) is 18.9 Å². The summed E-state index contributed by atoms with van der Waals surface area (Å²) in [5, 5.41) is 13.4. The van der Waals surface area contributed by atoms with Gasteiger partial charge in [-0.1, -0.05) is 0 Å². The van der Waals surface area contributed by atoms with Crippen LogP contribution in [0.2, 0.25) is 0 Å².